The van der Waals surface area contributed by atoms with Crippen LogP contribution in [0.3, 0.4) is 0 Å². The van der Waals surface area contributed by atoms with Gasteiger partial charge < -0.3 is 10.6 Å². The molecule has 1 rings (SSSR count). The maximum absolute atomic E-state index is 4.00. The van der Waals surface area contributed by atoms with E-state index in [1.807, 2.05) is 6.07 Å². The van der Waals surface area contributed by atoms with Crippen molar-refractivity contribution in [3.63, 3.8) is 0 Å². The standard InChI is InChI=1S/C10H16BrN3/c1-2-4-12-6-7-14-10-3-5-13-8-9(10)11/h3,5,8,12H,2,4,6-7H2,1H3,(H,13,14). The van der Waals surface area contributed by atoms with Gasteiger partial charge in [-0.1, -0.05) is 6.92 Å². The first-order chi connectivity index (χ1) is 6.84. The van der Waals surface area contributed by atoms with Crippen molar-refractivity contribution in [2.75, 3.05) is 25.0 Å². The first kappa shape index (κ1) is 11.5. The van der Waals surface area contributed by atoms with Crippen molar-refractivity contribution in [3.8, 4) is 0 Å². The fourth-order valence-electron chi connectivity index (χ4n) is 1.11. The second kappa shape index (κ2) is 6.79. The lowest BCUT2D eigenvalue weighted by atomic mass is 10.4. The molecule has 0 atom stereocenters. The van der Waals surface area contributed by atoms with Gasteiger partial charge in [0.05, 0.1) is 10.2 Å². The molecular weight excluding hydrogens is 242 g/mol. The molecule has 4 heteroatoms. The summed E-state index contributed by atoms with van der Waals surface area (Å²) in [5.74, 6) is 0. The van der Waals surface area contributed by atoms with Crippen molar-refractivity contribution in [2.24, 2.45) is 0 Å². The third-order valence-corrected chi connectivity index (χ3v) is 2.45. The Balaban J connectivity index is 2.21. The summed E-state index contributed by atoms with van der Waals surface area (Å²) in [7, 11) is 0. The van der Waals surface area contributed by atoms with Gasteiger partial charge in [0.25, 0.3) is 0 Å². The highest BCUT2D eigenvalue weighted by atomic mass is 79.9. The van der Waals surface area contributed by atoms with E-state index in [9.17, 15) is 0 Å². The largest absolute Gasteiger partial charge is 0.383 e. The van der Waals surface area contributed by atoms with Crippen LogP contribution in [0.1, 0.15) is 13.3 Å². The summed E-state index contributed by atoms with van der Waals surface area (Å²) in [6.07, 6.45) is 4.76. The number of hydrogen-bond acceptors (Lipinski definition) is 3. The van der Waals surface area contributed by atoms with Crippen LogP contribution in [0.25, 0.3) is 0 Å². The summed E-state index contributed by atoms with van der Waals surface area (Å²) in [6, 6.07) is 1.96. The number of halogens is 1. The summed E-state index contributed by atoms with van der Waals surface area (Å²) in [5.41, 5.74) is 1.10. The second-order valence-corrected chi connectivity index (χ2v) is 3.89. The van der Waals surface area contributed by atoms with Gasteiger partial charge in [-0.2, -0.15) is 0 Å². The number of pyridine rings is 1. The molecule has 1 aromatic heterocycles. The Labute approximate surface area is 93.4 Å². The maximum Gasteiger partial charge on any atom is 0.0590 e. The molecule has 0 saturated heterocycles. The average Bonchev–Trinajstić information content (AvgIpc) is 2.20. The second-order valence-electron chi connectivity index (χ2n) is 3.03. The molecule has 0 amide bonds. The van der Waals surface area contributed by atoms with Crippen LogP contribution in [0.5, 0.6) is 0 Å². The van der Waals surface area contributed by atoms with Gasteiger partial charge >= 0.3 is 0 Å². The molecule has 0 unspecified atom stereocenters. The van der Waals surface area contributed by atoms with E-state index in [-0.39, 0.29) is 0 Å². The van der Waals surface area contributed by atoms with Crippen molar-refractivity contribution in [2.45, 2.75) is 13.3 Å². The van der Waals surface area contributed by atoms with Crippen LogP contribution >= 0.6 is 15.9 Å². The van der Waals surface area contributed by atoms with E-state index in [2.05, 4.69) is 38.5 Å². The lowest BCUT2D eigenvalue weighted by molar-refractivity contribution is 0.687. The molecule has 78 valence electrons. The number of rotatable bonds is 6. The summed E-state index contributed by atoms with van der Waals surface area (Å²) in [4.78, 5) is 4.00. The highest BCUT2D eigenvalue weighted by molar-refractivity contribution is 9.10. The third kappa shape index (κ3) is 4.07. The number of anilines is 1. The van der Waals surface area contributed by atoms with Gasteiger partial charge in [-0.05, 0) is 35.0 Å². The molecule has 0 fully saturated rings. The van der Waals surface area contributed by atoms with Crippen molar-refractivity contribution >= 4 is 21.6 Å². The lowest BCUT2D eigenvalue weighted by Gasteiger charge is -2.08. The zero-order chi connectivity index (χ0) is 10.2. The Morgan fingerprint density at radius 2 is 2.21 bits per heavy atom. The van der Waals surface area contributed by atoms with Gasteiger partial charge in [-0.25, -0.2) is 0 Å². The van der Waals surface area contributed by atoms with Crippen LogP contribution in [-0.4, -0.2) is 24.6 Å². The van der Waals surface area contributed by atoms with Crippen molar-refractivity contribution in [1.82, 2.24) is 10.3 Å². The molecule has 0 aliphatic carbocycles. The fraction of sp³-hybridized carbons (Fsp3) is 0.500. The van der Waals surface area contributed by atoms with E-state index < -0.39 is 0 Å². The van der Waals surface area contributed by atoms with E-state index in [1.54, 1.807) is 12.4 Å². The van der Waals surface area contributed by atoms with Crippen LogP contribution in [0.2, 0.25) is 0 Å². The van der Waals surface area contributed by atoms with E-state index >= 15 is 0 Å². The molecule has 2 N–H and O–H groups in total. The van der Waals surface area contributed by atoms with Crippen molar-refractivity contribution < 1.29 is 0 Å². The molecule has 0 bridgehead atoms. The zero-order valence-corrected chi connectivity index (χ0v) is 9.97. The van der Waals surface area contributed by atoms with E-state index in [1.165, 1.54) is 6.42 Å². The number of hydrogen-bond donors (Lipinski definition) is 2. The molecule has 3 nitrogen and oxygen atoms in total. The Bertz CT molecular complexity index is 265. The highest BCUT2D eigenvalue weighted by Crippen LogP contribution is 2.19. The number of aromatic nitrogens is 1. The van der Waals surface area contributed by atoms with Gasteiger partial charge in [-0.15, -0.1) is 0 Å². The predicted molar refractivity (Wildman–Crippen MR) is 63.6 cm³/mol. The molecule has 1 heterocycles. The summed E-state index contributed by atoms with van der Waals surface area (Å²) >= 11 is 3.43. The minimum Gasteiger partial charge on any atom is -0.383 e. The summed E-state index contributed by atoms with van der Waals surface area (Å²) in [6.45, 7) is 5.17. The Morgan fingerprint density at radius 3 is 2.93 bits per heavy atom. The normalized spacial score (nSPS) is 10.1. The van der Waals surface area contributed by atoms with E-state index in [0.29, 0.717) is 0 Å². The van der Waals surface area contributed by atoms with Gasteiger partial charge in [0.1, 0.15) is 0 Å². The minimum atomic E-state index is 0.933. The summed E-state index contributed by atoms with van der Waals surface area (Å²) in [5, 5.41) is 6.65. The fourth-order valence-corrected chi connectivity index (χ4v) is 1.50. The van der Waals surface area contributed by atoms with Gasteiger partial charge in [0, 0.05) is 25.5 Å². The maximum atomic E-state index is 4.00. The van der Waals surface area contributed by atoms with Gasteiger partial charge in [0.2, 0.25) is 0 Å². The monoisotopic (exact) mass is 257 g/mol. The predicted octanol–water partition coefficient (Wildman–Crippen LogP) is 2.26. The van der Waals surface area contributed by atoms with Gasteiger partial charge in [-0.3, -0.25) is 4.98 Å². The molecule has 0 saturated carbocycles. The first-order valence-electron chi connectivity index (χ1n) is 4.88. The topological polar surface area (TPSA) is 37.0 Å². The number of nitrogens with zero attached hydrogens (tertiary/aromatic N) is 1. The van der Waals surface area contributed by atoms with Gasteiger partial charge in [0.15, 0.2) is 0 Å². The molecule has 0 radical (unpaired) electrons. The quantitative estimate of drug-likeness (QED) is 0.768. The molecule has 14 heavy (non-hydrogen) atoms. The third-order valence-electron chi connectivity index (χ3n) is 1.82. The first-order valence-corrected chi connectivity index (χ1v) is 5.68. The molecule has 0 aromatic carbocycles. The Hall–Kier alpha value is -0.610. The number of nitrogens with one attached hydrogen (secondary N) is 2. The van der Waals surface area contributed by atoms with Crippen molar-refractivity contribution in [3.05, 3.63) is 22.9 Å². The zero-order valence-electron chi connectivity index (χ0n) is 8.39. The minimum absolute atomic E-state index is 0.933. The molecule has 0 aliphatic rings. The molecule has 0 spiro atoms. The highest BCUT2D eigenvalue weighted by Gasteiger charge is 1.96. The van der Waals surface area contributed by atoms with Crippen LogP contribution in [-0.2, 0) is 0 Å². The molecule has 1 aromatic rings. The van der Waals surface area contributed by atoms with Crippen LogP contribution in [0.15, 0.2) is 22.9 Å². The van der Waals surface area contributed by atoms with E-state index in [0.717, 1.165) is 29.8 Å². The van der Waals surface area contributed by atoms with Crippen molar-refractivity contribution in [1.29, 1.82) is 0 Å². The smallest absolute Gasteiger partial charge is 0.0590 e. The van der Waals surface area contributed by atoms with Crippen LogP contribution in [0.4, 0.5) is 5.69 Å². The Morgan fingerprint density at radius 1 is 1.36 bits per heavy atom. The Kier molecular flexibility index (Phi) is 5.56. The molecular formula is C10H16BrN3. The van der Waals surface area contributed by atoms with Crippen LogP contribution in [0, 0.1) is 0 Å². The molecule has 0 aliphatic heterocycles. The lowest BCUT2D eigenvalue weighted by Crippen LogP contribution is -2.22. The van der Waals surface area contributed by atoms with E-state index in [4.69, 9.17) is 0 Å². The average molecular weight is 258 g/mol. The SMILES string of the molecule is CCCNCCNc1ccncc1Br. The summed E-state index contributed by atoms with van der Waals surface area (Å²) < 4.78 is 1.01. The van der Waals surface area contributed by atoms with Crippen LogP contribution < -0.4 is 10.6 Å².